The van der Waals surface area contributed by atoms with Crippen molar-refractivity contribution in [3.63, 3.8) is 0 Å². The average molecular weight is 427 g/mol. The molecule has 3 aromatic rings. The molecule has 0 fully saturated rings. The Morgan fingerprint density at radius 1 is 1.00 bits per heavy atom. The monoisotopic (exact) mass is 427 g/mol. The van der Waals surface area contributed by atoms with Gasteiger partial charge in [0.15, 0.2) is 0 Å². The van der Waals surface area contributed by atoms with E-state index in [1.165, 1.54) is 44.4 Å². The summed E-state index contributed by atoms with van der Waals surface area (Å²) >= 11 is 2.45. The van der Waals surface area contributed by atoms with Crippen LogP contribution >= 0.6 is 22.9 Å². The van der Waals surface area contributed by atoms with Crippen molar-refractivity contribution in [3.8, 4) is 11.1 Å². The largest absolute Gasteiger partial charge is 0.285 e. The Balaban J connectivity index is 0.000000704. The fourth-order valence-corrected chi connectivity index (χ4v) is 5.04. The maximum Gasteiger partial charge on any atom is 0.0643 e. The van der Waals surface area contributed by atoms with E-state index in [9.17, 15) is 0 Å². The van der Waals surface area contributed by atoms with Crippen LogP contribution in [0.15, 0.2) is 42.5 Å². The molecule has 0 spiro atoms. The first-order chi connectivity index (χ1) is 11.6. The number of aromatic nitrogens is 1. The summed E-state index contributed by atoms with van der Waals surface area (Å²) in [6, 6.07) is 13.7. The quantitative estimate of drug-likeness (QED) is 0.350. The molecule has 1 aromatic heterocycles. The van der Waals surface area contributed by atoms with E-state index in [0.717, 1.165) is 6.42 Å². The van der Waals surface area contributed by atoms with Gasteiger partial charge in [-0.05, 0) is 34.4 Å². The number of rotatable bonds is 0. The van der Waals surface area contributed by atoms with E-state index in [1.807, 2.05) is 13.8 Å². The van der Waals surface area contributed by atoms with Crippen LogP contribution in [-0.4, -0.2) is 2.78 Å². The van der Waals surface area contributed by atoms with Crippen LogP contribution in [0, 0.1) is 0 Å². The fourth-order valence-electron chi connectivity index (χ4n) is 4.19. The van der Waals surface area contributed by atoms with Crippen LogP contribution < -0.4 is 0 Å². The highest BCUT2D eigenvalue weighted by atomic mass is 127. The zero-order chi connectivity index (χ0) is 17.1. The summed E-state index contributed by atoms with van der Waals surface area (Å²) in [4.78, 5) is 0. The topological polar surface area (TPSA) is 4.93 Å². The molecule has 0 unspecified atom stereocenters. The number of fused-ring (bicyclic) bond motifs is 6. The molecule has 0 radical (unpaired) electrons. The van der Waals surface area contributed by atoms with Crippen molar-refractivity contribution in [2.45, 2.75) is 39.5 Å². The molecular formula is C22H22IN. The smallest absolute Gasteiger partial charge is 0.0643 e. The van der Waals surface area contributed by atoms with Crippen molar-refractivity contribution in [2.24, 2.45) is 0 Å². The van der Waals surface area contributed by atoms with Crippen LogP contribution in [0.5, 0.6) is 0 Å². The average Bonchev–Trinajstić information content (AvgIpc) is 3.24. The van der Waals surface area contributed by atoms with E-state index in [2.05, 4.69) is 88.0 Å². The number of allylic oxidation sites excluding steroid dienone is 1. The molecule has 122 valence electrons. The maximum atomic E-state index is 2.45. The molecule has 1 heterocycles. The van der Waals surface area contributed by atoms with Gasteiger partial charge in [0.2, 0.25) is 0 Å². The van der Waals surface area contributed by atoms with Crippen molar-refractivity contribution in [1.29, 1.82) is 0 Å². The minimum absolute atomic E-state index is 0.0846. The van der Waals surface area contributed by atoms with E-state index in [-0.39, 0.29) is 5.41 Å². The summed E-state index contributed by atoms with van der Waals surface area (Å²) in [5.74, 6) is 0. The second-order valence-corrected chi connectivity index (χ2v) is 7.80. The molecule has 0 atom stereocenters. The SMILES string of the molecule is CC.CC1(C)c2ccccc2-c2cc3c4c(n(I)c3cc21)CC=C4. The number of nitrogens with zero attached hydrogens (tertiary/aromatic N) is 1. The molecule has 2 aliphatic carbocycles. The predicted octanol–water partition coefficient (Wildman–Crippen LogP) is 6.74. The number of hydrogen-bond donors (Lipinski definition) is 0. The summed E-state index contributed by atoms with van der Waals surface area (Å²) < 4.78 is 2.35. The van der Waals surface area contributed by atoms with E-state index in [4.69, 9.17) is 0 Å². The molecule has 1 nitrogen and oxygen atoms in total. The van der Waals surface area contributed by atoms with E-state index < -0.39 is 0 Å². The number of halogens is 1. The highest BCUT2D eigenvalue weighted by molar-refractivity contribution is 14.1. The third-order valence-corrected chi connectivity index (χ3v) is 6.45. The van der Waals surface area contributed by atoms with Gasteiger partial charge in [0.05, 0.1) is 28.4 Å². The third-order valence-electron chi connectivity index (χ3n) is 5.35. The summed E-state index contributed by atoms with van der Waals surface area (Å²) in [7, 11) is 0. The lowest BCUT2D eigenvalue weighted by molar-refractivity contribution is 0.661. The molecule has 0 N–H and O–H groups in total. The van der Waals surface area contributed by atoms with Gasteiger partial charge in [-0.3, -0.25) is 2.78 Å². The van der Waals surface area contributed by atoms with Gasteiger partial charge in [-0.15, -0.1) is 0 Å². The zero-order valence-corrected chi connectivity index (χ0v) is 16.8. The highest BCUT2D eigenvalue weighted by Gasteiger charge is 2.36. The van der Waals surface area contributed by atoms with Crippen LogP contribution in [0.2, 0.25) is 0 Å². The molecule has 5 rings (SSSR count). The van der Waals surface area contributed by atoms with E-state index >= 15 is 0 Å². The number of hydrogen-bond acceptors (Lipinski definition) is 0. The zero-order valence-electron chi connectivity index (χ0n) is 14.7. The lowest BCUT2D eigenvalue weighted by atomic mass is 9.82. The van der Waals surface area contributed by atoms with Crippen LogP contribution in [-0.2, 0) is 11.8 Å². The maximum absolute atomic E-state index is 2.45. The van der Waals surface area contributed by atoms with Crippen LogP contribution in [0.3, 0.4) is 0 Å². The summed E-state index contributed by atoms with van der Waals surface area (Å²) in [6.45, 7) is 8.69. The molecule has 0 saturated carbocycles. The lowest BCUT2D eigenvalue weighted by Crippen LogP contribution is -2.14. The number of benzene rings is 2. The van der Waals surface area contributed by atoms with Crippen molar-refractivity contribution in [1.82, 2.24) is 2.78 Å². The molecular weight excluding hydrogens is 405 g/mol. The van der Waals surface area contributed by atoms with E-state index in [1.54, 1.807) is 0 Å². The minimum Gasteiger partial charge on any atom is -0.285 e. The first kappa shape index (κ1) is 15.9. The first-order valence-electron chi connectivity index (χ1n) is 8.73. The molecule has 0 aliphatic heterocycles. The summed E-state index contributed by atoms with van der Waals surface area (Å²) in [5.41, 5.74) is 10.0. The van der Waals surface area contributed by atoms with Crippen molar-refractivity contribution in [2.75, 3.05) is 0 Å². The van der Waals surface area contributed by atoms with Gasteiger partial charge in [0, 0.05) is 28.5 Å². The Morgan fingerprint density at radius 2 is 1.75 bits per heavy atom. The van der Waals surface area contributed by atoms with Crippen LogP contribution in [0.1, 0.15) is 50.1 Å². The summed E-state index contributed by atoms with van der Waals surface area (Å²) in [6.07, 6.45) is 5.60. The Kier molecular flexibility index (Phi) is 3.64. The van der Waals surface area contributed by atoms with Gasteiger partial charge in [0.25, 0.3) is 0 Å². The van der Waals surface area contributed by atoms with Gasteiger partial charge in [-0.25, -0.2) is 0 Å². The highest BCUT2D eigenvalue weighted by Crippen LogP contribution is 2.50. The van der Waals surface area contributed by atoms with E-state index in [0.29, 0.717) is 0 Å². The second kappa shape index (κ2) is 5.48. The van der Waals surface area contributed by atoms with Gasteiger partial charge >= 0.3 is 0 Å². The van der Waals surface area contributed by atoms with Gasteiger partial charge < -0.3 is 0 Å². The standard InChI is InChI=1S/C20H16IN.C2H6/c1-20(2)16-8-4-3-6-12(16)14-10-15-13-7-5-9-18(13)22(21)19(15)11-17(14)20;1-2/h3-8,10-11H,9H2,1-2H3;1-2H3. The molecule has 0 bridgehead atoms. The van der Waals surface area contributed by atoms with Crippen molar-refractivity contribution in [3.05, 3.63) is 64.9 Å². The summed E-state index contributed by atoms with van der Waals surface area (Å²) in [5, 5.41) is 1.39. The normalized spacial score (nSPS) is 15.7. The molecule has 2 heteroatoms. The Labute approximate surface area is 157 Å². The first-order valence-corrected chi connectivity index (χ1v) is 9.70. The fraction of sp³-hybridized carbons (Fsp3) is 0.273. The molecule has 2 aromatic carbocycles. The Bertz CT molecular complexity index is 989. The molecule has 24 heavy (non-hydrogen) atoms. The van der Waals surface area contributed by atoms with Crippen LogP contribution in [0.25, 0.3) is 28.1 Å². The second-order valence-electron chi connectivity index (χ2n) is 6.83. The predicted molar refractivity (Wildman–Crippen MR) is 113 cm³/mol. The van der Waals surface area contributed by atoms with Gasteiger partial charge in [-0.2, -0.15) is 0 Å². The third kappa shape index (κ3) is 1.92. The van der Waals surface area contributed by atoms with Gasteiger partial charge in [0.1, 0.15) is 0 Å². The Hall–Kier alpha value is -1.55. The lowest BCUT2D eigenvalue weighted by Gasteiger charge is -2.21. The van der Waals surface area contributed by atoms with Crippen molar-refractivity contribution < 1.29 is 0 Å². The van der Waals surface area contributed by atoms with Gasteiger partial charge in [-0.1, -0.05) is 64.1 Å². The van der Waals surface area contributed by atoms with Crippen molar-refractivity contribution >= 4 is 39.8 Å². The molecule has 0 amide bonds. The Morgan fingerprint density at radius 3 is 2.54 bits per heavy atom. The van der Waals surface area contributed by atoms with Crippen LogP contribution in [0.4, 0.5) is 0 Å². The molecule has 0 saturated heterocycles. The molecule has 2 aliphatic rings. The minimum atomic E-state index is 0.0846.